The first-order valence-electron chi connectivity index (χ1n) is 9.90. The number of nitrogens with zero attached hydrogens (tertiary/aromatic N) is 1. The Morgan fingerprint density at radius 1 is 1.11 bits per heavy atom. The maximum atomic E-state index is 12.5. The van der Waals surface area contributed by atoms with Gasteiger partial charge in [0.15, 0.2) is 0 Å². The molecule has 2 aromatic carbocycles. The fourth-order valence-corrected chi connectivity index (χ4v) is 3.81. The van der Waals surface area contributed by atoms with E-state index < -0.39 is 0 Å². The van der Waals surface area contributed by atoms with Crippen molar-refractivity contribution in [1.29, 1.82) is 0 Å². The summed E-state index contributed by atoms with van der Waals surface area (Å²) >= 11 is 0. The Kier molecular flexibility index (Phi) is 5.09. The van der Waals surface area contributed by atoms with Gasteiger partial charge >= 0.3 is 0 Å². The summed E-state index contributed by atoms with van der Waals surface area (Å²) in [6.45, 7) is 6.35. The minimum atomic E-state index is -0.162. The number of aryl methyl sites for hydroxylation is 2. The highest BCUT2D eigenvalue weighted by Gasteiger charge is 2.17. The van der Waals surface area contributed by atoms with Crippen LogP contribution in [0.2, 0.25) is 0 Å². The highest BCUT2D eigenvalue weighted by molar-refractivity contribution is 5.83. The molecule has 2 heterocycles. The number of aromatic amines is 1. The molecule has 3 N–H and O–H groups in total. The van der Waals surface area contributed by atoms with Crippen LogP contribution in [0.15, 0.2) is 47.3 Å². The summed E-state index contributed by atoms with van der Waals surface area (Å²) in [4.78, 5) is 17.8. The second-order valence-electron chi connectivity index (χ2n) is 7.71. The summed E-state index contributed by atoms with van der Waals surface area (Å²) in [5.74, 6) is 0. The van der Waals surface area contributed by atoms with Crippen molar-refractivity contribution in [3.05, 3.63) is 69.5 Å². The average molecular weight is 377 g/mol. The van der Waals surface area contributed by atoms with Gasteiger partial charge < -0.3 is 20.3 Å². The lowest BCUT2D eigenvalue weighted by Crippen LogP contribution is -2.35. The zero-order valence-electron chi connectivity index (χ0n) is 16.5. The van der Waals surface area contributed by atoms with E-state index in [4.69, 9.17) is 0 Å². The maximum Gasteiger partial charge on any atom is 0.253 e. The fourth-order valence-electron chi connectivity index (χ4n) is 3.81. The molecule has 0 spiro atoms. The average Bonchev–Trinajstić information content (AvgIpc) is 2.71. The molecule has 4 rings (SSSR count). The van der Waals surface area contributed by atoms with Crippen LogP contribution in [0.5, 0.6) is 0 Å². The molecule has 1 aromatic heterocycles. The van der Waals surface area contributed by atoms with Gasteiger partial charge in [0.25, 0.3) is 5.56 Å². The number of fused-ring (bicyclic) bond motifs is 1. The Labute approximate surface area is 165 Å². The van der Waals surface area contributed by atoms with Gasteiger partial charge in [0.2, 0.25) is 0 Å². The van der Waals surface area contributed by atoms with Crippen LogP contribution in [-0.2, 0) is 6.54 Å². The van der Waals surface area contributed by atoms with E-state index in [-0.39, 0.29) is 11.7 Å². The minimum absolute atomic E-state index is 0.0443. The predicted octanol–water partition coefficient (Wildman–Crippen LogP) is 3.72. The quantitative estimate of drug-likeness (QED) is 0.648. The van der Waals surface area contributed by atoms with Crippen LogP contribution >= 0.6 is 0 Å². The molecule has 1 fully saturated rings. The normalized spacial score (nSPS) is 15.2. The number of nitrogens with one attached hydrogen (secondary N) is 2. The van der Waals surface area contributed by atoms with Gasteiger partial charge in [-0.15, -0.1) is 0 Å². The van der Waals surface area contributed by atoms with E-state index in [1.165, 1.54) is 11.3 Å². The van der Waals surface area contributed by atoms with Gasteiger partial charge in [-0.2, -0.15) is 0 Å². The molecule has 0 amide bonds. The molecule has 146 valence electrons. The van der Waals surface area contributed by atoms with Crippen molar-refractivity contribution in [3.8, 4) is 0 Å². The zero-order valence-corrected chi connectivity index (χ0v) is 16.5. The largest absolute Gasteiger partial charge is 0.393 e. The lowest BCUT2D eigenvalue weighted by Gasteiger charge is -2.31. The Hall–Kier alpha value is -2.79. The molecule has 1 aliphatic heterocycles. The third-order valence-corrected chi connectivity index (χ3v) is 5.81. The molecule has 0 unspecified atom stereocenters. The van der Waals surface area contributed by atoms with Gasteiger partial charge in [-0.25, -0.2) is 0 Å². The predicted molar refractivity (Wildman–Crippen MR) is 115 cm³/mol. The second kappa shape index (κ2) is 7.68. The fraction of sp³-hybridized carbons (Fsp3) is 0.348. The number of pyridine rings is 1. The van der Waals surface area contributed by atoms with Crippen molar-refractivity contribution in [2.45, 2.75) is 39.3 Å². The molecule has 0 radical (unpaired) electrons. The molecule has 3 aromatic rings. The van der Waals surface area contributed by atoms with Crippen LogP contribution in [-0.4, -0.2) is 29.3 Å². The number of rotatable bonds is 4. The molecule has 0 bridgehead atoms. The number of hydrogen-bond donors (Lipinski definition) is 3. The van der Waals surface area contributed by atoms with Crippen molar-refractivity contribution >= 4 is 22.3 Å². The minimum Gasteiger partial charge on any atom is -0.393 e. The Balaban J connectivity index is 1.46. The highest BCUT2D eigenvalue weighted by Crippen LogP contribution is 2.23. The van der Waals surface area contributed by atoms with E-state index in [0.717, 1.165) is 53.6 Å². The molecule has 0 atom stereocenters. The molecule has 1 saturated heterocycles. The molecule has 5 nitrogen and oxygen atoms in total. The van der Waals surface area contributed by atoms with E-state index in [1.54, 1.807) is 0 Å². The summed E-state index contributed by atoms with van der Waals surface area (Å²) < 4.78 is 0. The molecule has 0 saturated carbocycles. The van der Waals surface area contributed by atoms with Crippen molar-refractivity contribution in [2.24, 2.45) is 0 Å². The van der Waals surface area contributed by atoms with Crippen molar-refractivity contribution in [3.63, 3.8) is 0 Å². The van der Waals surface area contributed by atoms with Crippen molar-refractivity contribution < 1.29 is 5.11 Å². The van der Waals surface area contributed by atoms with E-state index in [1.807, 2.05) is 25.1 Å². The van der Waals surface area contributed by atoms with Gasteiger partial charge in [-0.3, -0.25) is 4.79 Å². The summed E-state index contributed by atoms with van der Waals surface area (Å²) in [6.07, 6.45) is 1.48. The molecular formula is C23H27N3O2. The summed E-state index contributed by atoms with van der Waals surface area (Å²) in [5, 5.41) is 14.1. The summed E-state index contributed by atoms with van der Waals surface area (Å²) in [6, 6.07) is 14.4. The van der Waals surface area contributed by atoms with E-state index in [2.05, 4.69) is 46.4 Å². The first-order valence-corrected chi connectivity index (χ1v) is 9.90. The first kappa shape index (κ1) is 18.6. The third-order valence-electron chi connectivity index (χ3n) is 5.81. The Morgan fingerprint density at radius 3 is 2.54 bits per heavy atom. The Morgan fingerprint density at radius 2 is 1.82 bits per heavy atom. The topological polar surface area (TPSA) is 68.4 Å². The first-order chi connectivity index (χ1) is 13.5. The van der Waals surface area contributed by atoms with Gasteiger partial charge in [0, 0.05) is 36.6 Å². The maximum absolute atomic E-state index is 12.5. The Bertz CT molecular complexity index is 1030. The number of aromatic nitrogens is 1. The SMILES string of the molecule is Cc1ccc2cc(CNc3ccc(N4CCC(O)CC4)cc3)c(=O)[nH]c2c1C. The third kappa shape index (κ3) is 3.76. The molecular weight excluding hydrogens is 350 g/mol. The lowest BCUT2D eigenvalue weighted by atomic mass is 10.0. The van der Waals surface area contributed by atoms with Gasteiger partial charge in [-0.05, 0) is 73.5 Å². The molecule has 1 aliphatic rings. The number of benzene rings is 2. The standard InChI is InChI=1S/C23H27N3O2/c1-15-3-4-17-13-18(23(28)25-22(17)16(15)2)14-24-19-5-7-20(8-6-19)26-11-9-21(27)10-12-26/h3-8,13,21,24,27H,9-12,14H2,1-2H3,(H,25,28). The van der Waals surface area contributed by atoms with Crippen LogP contribution in [0.4, 0.5) is 11.4 Å². The van der Waals surface area contributed by atoms with Crippen LogP contribution in [0.1, 0.15) is 29.5 Å². The smallest absolute Gasteiger partial charge is 0.253 e. The zero-order chi connectivity index (χ0) is 19.7. The number of hydrogen-bond acceptors (Lipinski definition) is 4. The summed E-state index contributed by atoms with van der Waals surface area (Å²) in [5.41, 5.74) is 6.06. The van der Waals surface area contributed by atoms with Crippen LogP contribution < -0.4 is 15.8 Å². The van der Waals surface area contributed by atoms with Gasteiger partial charge in [0.05, 0.1) is 11.6 Å². The summed E-state index contributed by atoms with van der Waals surface area (Å²) in [7, 11) is 0. The van der Waals surface area contributed by atoms with E-state index in [9.17, 15) is 9.90 Å². The molecule has 0 aliphatic carbocycles. The van der Waals surface area contributed by atoms with Crippen LogP contribution in [0, 0.1) is 13.8 Å². The second-order valence-corrected chi connectivity index (χ2v) is 7.71. The molecule has 28 heavy (non-hydrogen) atoms. The molecule has 5 heteroatoms. The lowest BCUT2D eigenvalue weighted by molar-refractivity contribution is 0.145. The van der Waals surface area contributed by atoms with Crippen molar-refractivity contribution in [2.75, 3.05) is 23.3 Å². The van der Waals surface area contributed by atoms with Gasteiger partial charge in [-0.1, -0.05) is 12.1 Å². The number of aliphatic hydroxyl groups is 1. The van der Waals surface area contributed by atoms with Gasteiger partial charge in [0.1, 0.15) is 0 Å². The number of H-pyrrole nitrogens is 1. The highest BCUT2D eigenvalue weighted by atomic mass is 16.3. The van der Waals surface area contributed by atoms with Crippen molar-refractivity contribution in [1.82, 2.24) is 4.98 Å². The van der Waals surface area contributed by atoms with E-state index in [0.29, 0.717) is 6.54 Å². The van der Waals surface area contributed by atoms with E-state index >= 15 is 0 Å². The number of aliphatic hydroxyl groups excluding tert-OH is 1. The van der Waals surface area contributed by atoms with Crippen LogP contribution in [0.25, 0.3) is 10.9 Å². The number of anilines is 2. The monoisotopic (exact) mass is 377 g/mol. The number of piperidine rings is 1. The van der Waals surface area contributed by atoms with Crippen LogP contribution in [0.3, 0.4) is 0 Å².